The topological polar surface area (TPSA) is 21.3 Å². The molecule has 0 spiro atoms. The van der Waals surface area contributed by atoms with E-state index in [1.807, 2.05) is 54.6 Å². The van der Waals surface area contributed by atoms with Gasteiger partial charge in [-0.15, -0.1) is 0 Å². The molecule has 1 N–H and O–H groups in total. The molecule has 2 heteroatoms. The Balaban J connectivity index is 1.97. The Morgan fingerprint density at radius 3 is 2.48 bits per heavy atom. The van der Waals surface area contributed by atoms with Gasteiger partial charge in [0.1, 0.15) is 5.75 Å². The zero-order chi connectivity index (χ0) is 14.5. The van der Waals surface area contributed by atoms with Crippen LogP contribution in [0.2, 0.25) is 0 Å². The molecular formula is C19H16NO. The molecule has 0 aliphatic rings. The Hall–Kier alpha value is -2.74. The Labute approximate surface area is 125 Å². The van der Waals surface area contributed by atoms with E-state index in [1.54, 1.807) is 7.11 Å². The minimum absolute atomic E-state index is 0.867. The third kappa shape index (κ3) is 3.06. The summed E-state index contributed by atoms with van der Waals surface area (Å²) in [7, 11) is 1.70. The summed E-state index contributed by atoms with van der Waals surface area (Å²) in [6.07, 6.45) is 0. The largest absolute Gasteiger partial charge is 0.496 e. The monoisotopic (exact) mass is 274 g/mol. The van der Waals surface area contributed by atoms with Crippen LogP contribution in [0.5, 0.6) is 5.75 Å². The Morgan fingerprint density at radius 1 is 0.905 bits per heavy atom. The zero-order valence-corrected chi connectivity index (χ0v) is 11.8. The fourth-order valence-electron chi connectivity index (χ4n) is 2.27. The van der Waals surface area contributed by atoms with Crippen LogP contribution in [0.25, 0.3) is 11.1 Å². The van der Waals surface area contributed by atoms with Gasteiger partial charge in [-0.05, 0) is 42.0 Å². The molecule has 0 aliphatic carbocycles. The van der Waals surface area contributed by atoms with Crippen molar-refractivity contribution in [2.24, 2.45) is 0 Å². The van der Waals surface area contributed by atoms with Crippen LogP contribution in [0.4, 0.5) is 11.4 Å². The Kier molecular flexibility index (Phi) is 3.88. The van der Waals surface area contributed by atoms with Crippen molar-refractivity contribution in [3.05, 3.63) is 78.9 Å². The molecular weight excluding hydrogens is 258 g/mol. The lowest BCUT2D eigenvalue weighted by molar-refractivity contribution is 0.416. The van der Waals surface area contributed by atoms with Crippen molar-refractivity contribution in [1.82, 2.24) is 0 Å². The van der Waals surface area contributed by atoms with Gasteiger partial charge in [0.25, 0.3) is 0 Å². The third-order valence-electron chi connectivity index (χ3n) is 3.28. The van der Waals surface area contributed by atoms with Crippen molar-refractivity contribution in [1.29, 1.82) is 0 Å². The second-order valence-electron chi connectivity index (χ2n) is 4.70. The summed E-state index contributed by atoms with van der Waals surface area (Å²) in [5, 5.41) is 3.38. The minimum atomic E-state index is 0.867. The first-order valence-electron chi connectivity index (χ1n) is 6.83. The molecule has 0 aliphatic heterocycles. The van der Waals surface area contributed by atoms with Crippen molar-refractivity contribution < 1.29 is 4.74 Å². The summed E-state index contributed by atoms with van der Waals surface area (Å²) in [6.45, 7) is 0. The van der Waals surface area contributed by atoms with Gasteiger partial charge in [-0.3, -0.25) is 0 Å². The molecule has 0 amide bonds. The summed E-state index contributed by atoms with van der Waals surface area (Å²) in [6, 6.07) is 27.2. The van der Waals surface area contributed by atoms with E-state index in [0.717, 1.165) is 28.3 Å². The number of anilines is 2. The van der Waals surface area contributed by atoms with E-state index in [1.165, 1.54) is 0 Å². The smallest absolute Gasteiger partial charge is 0.126 e. The second-order valence-corrected chi connectivity index (χ2v) is 4.70. The van der Waals surface area contributed by atoms with E-state index < -0.39 is 0 Å². The highest BCUT2D eigenvalue weighted by Crippen LogP contribution is 2.33. The lowest BCUT2D eigenvalue weighted by Crippen LogP contribution is -1.93. The van der Waals surface area contributed by atoms with E-state index in [4.69, 9.17) is 4.74 Å². The number of hydrogen-bond donors (Lipinski definition) is 1. The molecule has 3 aromatic rings. The third-order valence-corrected chi connectivity index (χ3v) is 3.28. The van der Waals surface area contributed by atoms with Gasteiger partial charge in [-0.1, -0.05) is 42.5 Å². The number of rotatable bonds is 4. The fraction of sp³-hybridized carbons (Fsp3) is 0.0526. The van der Waals surface area contributed by atoms with Crippen LogP contribution < -0.4 is 10.1 Å². The first-order chi connectivity index (χ1) is 10.4. The molecule has 3 rings (SSSR count). The van der Waals surface area contributed by atoms with Crippen molar-refractivity contribution >= 4 is 11.4 Å². The van der Waals surface area contributed by atoms with Crippen molar-refractivity contribution in [2.45, 2.75) is 0 Å². The SMILES string of the molecule is COc1ccc(Nc2c[c]ccc2)cc1-c1ccccc1. The zero-order valence-electron chi connectivity index (χ0n) is 11.8. The van der Waals surface area contributed by atoms with E-state index >= 15 is 0 Å². The lowest BCUT2D eigenvalue weighted by Gasteiger charge is -2.12. The van der Waals surface area contributed by atoms with Crippen LogP contribution in [0.15, 0.2) is 72.8 Å². The maximum atomic E-state index is 5.47. The molecule has 0 bridgehead atoms. The number of nitrogens with one attached hydrogen (secondary N) is 1. The molecule has 103 valence electrons. The quantitative estimate of drug-likeness (QED) is 0.730. The Morgan fingerprint density at radius 2 is 1.76 bits per heavy atom. The van der Waals surface area contributed by atoms with Gasteiger partial charge in [-0.2, -0.15) is 0 Å². The number of ether oxygens (including phenoxy) is 1. The van der Waals surface area contributed by atoms with Gasteiger partial charge in [-0.25, -0.2) is 0 Å². The first kappa shape index (κ1) is 13.3. The van der Waals surface area contributed by atoms with Crippen LogP contribution >= 0.6 is 0 Å². The molecule has 0 saturated carbocycles. The Bertz CT molecular complexity index is 708. The first-order valence-corrected chi connectivity index (χ1v) is 6.83. The number of methoxy groups -OCH3 is 1. The van der Waals surface area contributed by atoms with Crippen molar-refractivity contribution in [2.75, 3.05) is 12.4 Å². The van der Waals surface area contributed by atoms with E-state index in [0.29, 0.717) is 0 Å². The normalized spacial score (nSPS) is 10.1. The van der Waals surface area contributed by atoms with Gasteiger partial charge < -0.3 is 10.1 Å². The van der Waals surface area contributed by atoms with Crippen LogP contribution in [0.3, 0.4) is 0 Å². The number of benzene rings is 3. The molecule has 0 aromatic heterocycles. The predicted octanol–water partition coefficient (Wildman–Crippen LogP) is 4.91. The average molecular weight is 274 g/mol. The predicted molar refractivity (Wildman–Crippen MR) is 87.0 cm³/mol. The van der Waals surface area contributed by atoms with Crippen molar-refractivity contribution in [3.63, 3.8) is 0 Å². The lowest BCUT2D eigenvalue weighted by atomic mass is 10.0. The van der Waals surface area contributed by atoms with Gasteiger partial charge in [0.2, 0.25) is 0 Å². The van der Waals surface area contributed by atoms with Crippen molar-refractivity contribution in [3.8, 4) is 16.9 Å². The van der Waals surface area contributed by atoms with Crippen LogP contribution in [-0.4, -0.2) is 7.11 Å². The molecule has 21 heavy (non-hydrogen) atoms. The van der Waals surface area contributed by atoms with Gasteiger partial charge in [0.15, 0.2) is 0 Å². The summed E-state index contributed by atoms with van der Waals surface area (Å²) in [5.74, 6) is 0.867. The fourth-order valence-corrected chi connectivity index (χ4v) is 2.27. The summed E-state index contributed by atoms with van der Waals surface area (Å²) < 4.78 is 5.47. The molecule has 0 atom stereocenters. The van der Waals surface area contributed by atoms with Crippen LogP contribution in [0.1, 0.15) is 0 Å². The standard InChI is InChI=1S/C19H16NO/c1-21-19-13-12-17(20-16-10-6-3-7-11-16)14-18(19)15-8-4-2-5-9-15/h2-6,8-14,20H,1H3. The summed E-state index contributed by atoms with van der Waals surface area (Å²) in [4.78, 5) is 0. The highest BCUT2D eigenvalue weighted by atomic mass is 16.5. The molecule has 1 radical (unpaired) electrons. The maximum absolute atomic E-state index is 5.47. The molecule has 3 aromatic carbocycles. The van der Waals surface area contributed by atoms with Gasteiger partial charge >= 0.3 is 0 Å². The molecule has 2 nitrogen and oxygen atoms in total. The average Bonchev–Trinajstić information content (AvgIpc) is 2.56. The van der Waals surface area contributed by atoms with Gasteiger partial charge in [0.05, 0.1) is 7.11 Å². The van der Waals surface area contributed by atoms with E-state index in [9.17, 15) is 0 Å². The second kappa shape index (κ2) is 6.14. The van der Waals surface area contributed by atoms with E-state index in [-0.39, 0.29) is 0 Å². The van der Waals surface area contributed by atoms with E-state index in [2.05, 4.69) is 29.6 Å². The molecule has 0 fully saturated rings. The van der Waals surface area contributed by atoms with Gasteiger partial charge in [0, 0.05) is 16.9 Å². The molecule has 0 unspecified atom stereocenters. The highest BCUT2D eigenvalue weighted by Gasteiger charge is 2.07. The molecule has 0 heterocycles. The van der Waals surface area contributed by atoms with Crippen LogP contribution in [0, 0.1) is 6.07 Å². The molecule has 0 saturated heterocycles. The van der Waals surface area contributed by atoms with Crippen LogP contribution in [-0.2, 0) is 0 Å². The number of hydrogen-bond acceptors (Lipinski definition) is 2. The maximum Gasteiger partial charge on any atom is 0.126 e. The summed E-state index contributed by atoms with van der Waals surface area (Å²) >= 11 is 0. The summed E-state index contributed by atoms with van der Waals surface area (Å²) in [5.41, 5.74) is 4.25. The minimum Gasteiger partial charge on any atom is -0.496 e. The highest BCUT2D eigenvalue weighted by molar-refractivity contribution is 5.76.